The number of carboxylic acid groups (broad SMARTS) is 1. The van der Waals surface area contributed by atoms with Crippen LogP contribution in [0.2, 0.25) is 0 Å². The van der Waals surface area contributed by atoms with E-state index in [0.29, 0.717) is 24.0 Å². The first-order valence-electron chi connectivity index (χ1n) is 4.53. The number of terminal acetylenes is 1. The predicted molar refractivity (Wildman–Crippen MR) is 52.5 cm³/mol. The van der Waals surface area contributed by atoms with Gasteiger partial charge in [0.1, 0.15) is 0 Å². The third kappa shape index (κ3) is 1.42. The van der Waals surface area contributed by atoms with Crippen molar-refractivity contribution in [1.29, 1.82) is 0 Å². The molecule has 0 heterocycles. The number of hydrogen-bond donors (Lipinski definition) is 2. The van der Waals surface area contributed by atoms with Crippen LogP contribution in [0.3, 0.4) is 0 Å². The van der Waals surface area contributed by atoms with E-state index in [-0.39, 0.29) is 0 Å². The number of hydrogen-bond acceptors (Lipinski definition) is 2. The molecule has 0 fully saturated rings. The molecule has 2 atom stereocenters. The third-order valence-corrected chi connectivity index (χ3v) is 2.98. The summed E-state index contributed by atoms with van der Waals surface area (Å²) in [6.45, 7) is 3.31. The average Bonchev–Trinajstić information content (AvgIpc) is 2.13. The van der Waals surface area contributed by atoms with Crippen LogP contribution < -0.4 is 0 Å². The van der Waals surface area contributed by atoms with E-state index in [9.17, 15) is 9.90 Å². The van der Waals surface area contributed by atoms with E-state index >= 15 is 0 Å². The molecule has 0 amide bonds. The van der Waals surface area contributed by atoms with Crippen LogP contribution in [-0.4, -0.2) is 22.3 Å². The van der Waals surface area contributed by atoms with Crippen molar-refractivity contribution in [1.82, 2.24) is 0 Å². The zero-order valence-corrected chi connectivity index (χ0v) is 8.37. The summed E-state index contributed by atoms with van der Waals surface area (Å²) in [6.07, 6.45) is 5.54. The Hall–Kier alpha value is -1.27. The highest BCUT2D eigenvalue weighted by Gasteiger charge is 2.41. The molecule has 0 spiro atoms. The maximum absolute atomic E-state index is 11.1. The molecule has 1 rings (SSSR count). The number of aliphatic hydroxyl groups is 1. The molecular formula is C11H14O3. The SMILES string of the molecule is C#CC1=C(C)C(O)CCC1(C)C(=O)O. The number of rotatable bonds is 1. The predicted octanol–water partition coefficient (Wildman–Crippen LogP) is 1.18. The Labute approximate surface area is 83.4 Å². The minimum atomic E-state index is -1.00. The summed E-state index contributed by atoms with van der Waals surface area (Å²) in [5.74, 6) is 1.48. The van der Waals surface area contributed by atoms with Gasteiger partial charge in [0, 0.05) is 5.57 Å². The van der Waals surface area contributed by atoms with Crippen molar-refractivity contribution < 1.29 is 15.0 Å². The molecule has 0 saturated carbocycles. The summed E-state index contributed by atoms with van der Waals surface area (Å²) in [5.41, 5.74) is 0.0327. The second-order valence-electron chi connectivity index (χ2n) is 3.89. The van der Waals surface area contributed by atoms with Crippen LogP contribution in [0.5, 0.6) is 0 Å². The zero-order chi connectivity index (χ0) is 10.9. The van der Waals surface area contributed by atoms with E-state index in [2.05, 4.69) is 5.92 Å². The van der Waals surface area contributed by atoms with E-state index in [1.165, 1.54) is 0 Å². The highest BCUT2D eigenvalue weighted by molar-refractivity contribution is 5.80. The molecule has 0 aromatic heterocycles. The molecule has 0 radical (unpaired) electrons. The van der Waals surface area contributed by atoms with E-state index in [1.54, 1.807) is 13.8 Å². The number of carbonyl (C=O) groups is 1. The lowest BCUT2D eigenvalue weighted by molar-refractivity contribution is -0.146. The number of aliphatic carboxylic acids is 1. The Morgan fingerprint density at radius 2 is 2.29 bits per heavy atom. The Morgan fingerprint density at radius 3 is 2.71 bits per heavy atom. The van der Waals surface area contributed by atoms with Crippen molar-refractivity contribution in [2.45, 2.75) is 32.8 Å². The van der Waals surface area contributed by atoms with Crippen molar-refractivity contribution >= 4 is 5.97 Å². The Morgan fingerprint density at radius 1 is 1.71 bits per heavy atom. The smallest absolute Gasteiger partial charge is 0.314 e. The number of carboxylic acids is 1. The Balaban J connectivity index is 3.26. The topological polar surface area (TPSA) is 57.5 Å². The maximum atomic E-state index is 11.1. The van der Waals surface area contributed by atoms with Gasteiger partial charge in [-0.1, -0.05) is 5.92 Å². The zero-order valence-electron chi connectivity index (χ0n) is 8.37. The minimum absolute atomic E-state index is 0.389. The largest absolute Gasteiger partial charge is 0.481 e. The molecule has 76 valence electrons. The average molecular weight is 194 g/mol. The Bertz CT molecular complexity index is 335. The van der Waals surface area contributed by atoms with Crippen molar-refractivity contribution in [3.05, 3.63) is 11.1 Å². The fraction of sp³-hybridized carbons (Fsp3) is 0.545. The van der Waals surface area contributed by atoms with Gasteiger partial charge in [0.2, 0.25) is 0 Å². The van der Waals surface area contributed by atoms with Crippen molar-refractivity contribution in [3.8, 4) is 12.3 Å². The quantitative estimate of drug-likeness (QED) is 0.616. The molecule has 3 nitrogen and oxygen atoms in total. The third-order valence-electron chi connectivity index (χ3n) is 2.98. The molecule has 3 heteroatoms. The molecule has 0 saturated heterocycles. The molecule has 1 aliphatic carbocycles. The van der Waals surface area contributed by atoms with Crippen molar-refractivity contribution in [2.24, 2.45) is 5.41 Å². The lowest BCUT2D eigenvalue weighted by Crippen LogP contribution is -2.36. The van der Waals surface area contributed by atoms with Gasteiger partial charge in [-0.2, -0.15) is 0 Å². The van der Waals surface area contributed by atoms with Crippen LogP contribution >= 0.6 is 0 Å². The van der Waals surface area contributed by atoms with E-state index in [4.69, 9.17) is 11.5 Å². The summed E-state index contributed by atoms with van der Waals surface area (Å²) in [7, 11) is 0. The standard InChI is InChI=1S/C11H14O3/c1-4-8-7(2)9(12)5-6-11(8,3)10(13)14/h1,9,12H,5-6H2,2-3H3,(H,13,14). The molecule has 2 unspecified atom stereocenters. The van der Waals surface area contributed by atoms with Gasteiger partial charge in [-0.05, 0) is 32.3 Å². The normalized spacial score (nSPS) is 32.6. The van der Waals surface area contributed by atoms with Crippen LogP contribution in [0.25, 0.3) is 0 Å². The molecule has 1 aliphatic rings. The lowest BCUT2D eigenvalue weighted by Gasteiger charge is -2.33. The van der Waals surface area contributed by atoms with E-state index in [1.807, 2.05) is 0 Å². The maximum Gasteiger partial charge on any atom is 0.314 e. The summed E-state index contributed by atoms with van der Waals surface area (Å²) < 4.78 is 0. The molecule has 0 aliphatic heterocycles. The van der Waals surface area contributed by atoms with Gasteiger partial charge in [0.05, 0.1) is 11.5 Å². The van der Waals surface area contributed by atoms with Gasteiger partial charge >= 0.3 is 5.97 Å². The van der Waals surface area contributed by atoms with Crippen molar-refractivity contribution in [3.63, 3.8) is 0 Å². The van der Waals surface area contributed by atoms with Gasteiger partial charge in [-0.25, -0.2) is 0 Å². The summed E-state index contributed by atoms with van der Waals surface area (Å²) in [6, 6.07) is 0. The fourth-order valence-electron chi connectivity index (χ4n) is 1.86. The first-order chi connectivity index (χ1) is 6.43. The van der Waals surface area contributed by atoms with Gasteiger partial charge in [0.25, 0.3) is 0 Å². The highest BCUT2D eigenvalue weighted by atomic mass is 16.4. The summed E-state index contributed by atoms with van der Waals surface area (Å²) >= 11 is 0. The monoisotopic (exact) mass is 194 g/mol. The fourth-order valence-corrected chi connectivity index (χ4v) is 1.86. The minimum Gasteiger partial charge on any atom is -0.481 e. The van der Waals surface area contributed by atoms with Crippen molar-refractivity contribution in [2.75, 3.05) is 0 Å². The second kappa shape index (κ2) is 3.47. The molecule has 2 N–H and O–H groups in total. The van der Waals surface area contributed by atoms with Gasteiger partial charge in [-0.3, -0.25) is 4.79 Å². The van der Waals surface area contributed by atoms with Crippen LogP contribution in [0.1, 0.15) is 26.7 Å². The molecule has 0 aromatic rings. The van der Waals surface area contributed by atoms with E-state index < -0.39 is 17.5 Å². The Kier molecular flexibility index (Phi) is 2.68. The van der Waals surface area contributed by atoms with Crippen LogP contribution in [0, 0.1) is 17.8 Å². The molecule has 0 aromatic carbocycles. The molecule has 0 bridgehead atoms. The number of aliphatic hydroxyl groups excluding tert-OH is 1. The first-order valence-corrected chi connectivity index (χ1v) is 4.53. The summed E-state index contributed by atoms with van der Waals surface area (Å²) in [5, 5.41) is 18.6. The first kappa shape index (κ1) is 10.8. The van der Waals surface area contributed by atoms with Gasteiger partial charge in [-0.15, -0.1) is 6.42 Å². The lowest BCUT2D eigenvalue weighted by atomic mass is 9.71. The second-order valence-corrected chi connectivity index (χ2v) is 3.89. The van der Waals surface area contributed by atoms with Crippen LogP contribution in [-0.2, 0) is 4.79 Å². The molecular weight excluding hydrogens is 180 g/mol. The summed E-state index contributed by atoms with van der Waals surface area (Å²) in [4.78, 5) is 11.1. The molecule has 14 heavy (non-hydrogen) atoms. The van der Waals surface area contributed by atoms with E-state index in [0.717, 1.165) is 0 Å². The van der Waals surface area contributed by atoms with Gasteiger partial charge < -0.3 is 10.2 Å². The highest BCUT2D eigenvalue weighted by Crippen LogP contribution is 2.40. The van der Waals surface area contributed by atoms with Gasteiger partial charge in [0.15, 0.2) is 0 Å². The van der Waals surface area contributed by atoms with Crippen LogP contribution in [0.15, 0.2) is 11.1 Å². The van der Waals surface area contributed by atoms with Crippen LogP contribution in [0.4, 0.5) is 0 Å².